The first-order valence-electron chi connectivity index (χ1n) is 6.18. The Morgan fingerprint density at radius 1 is 1.28 bits per heavy atom. The van der Waals surface area contributed by atoms with E-state index in [0.29, 0.717) is 6.54 Å². The first kappa shape index (κ1) is 11.4. The van der Waals surface area contributed by atoms with Crippen LogP contribution in [0.2, 0.25) is 0 Å². The number of rotatable bonds is 3. The van der Waals surface area contributed by atoms with Crippen LogP contribution >= 0.6 is 0 Å². The maximum absolute atomic E-state index is 9.33. The van der Waals surface area contributed by atoms with Gasteiger partial charge in [-0.25, -0.2) is 4.68 Å². The van der Waals surface area contributed by atoms with Crippen molar-refractivity contribution in [1.82, 2.24) is 20.3 Å². The van der Waals surface area contributed by atoms with Gasteiger partial charge in [0.15, 0.2) is 0 Å². The smallest absolute Gasteiger partial charge is 0.0997 e. The summed E-state index contributed by atoms with van der Waals surface area (Å²) >= 11 is 0. The van der Waals surface area contributed by atoms with Gasteiger partial charge in [-0.05, 0) is 11.1 Å². The van der Waals surface area contributed by atoms with Crippen molar-refractivity contribution in [3.63, 3.8) is 0 Å². The molecule has 2 aromatic rings. The molecule has 0 spiro atoms. The molecule has 94 valence electrons. The van der Waals surface area contributed by atoms with Crippen molar-refractivity contribution in [1.29, 1.82) is 0 Å². The summed E-state index contributed by atoms with van der Waals surface area (Å²) in [5, 5.41) is 21.0. The van der Waals surface area contributed by atoms with Gasteiger partial charge in [-0.1, -0.05) is 29.5 Å². The zero-order valence-electron chi connectivity index (χ0n) is 10.1. The minimum absolute atomic E-state index is 0.0641. The monoisotopic (exact) mass is 244 g/mol. The molecule has 18 heavy (non-hydrogen) atoms. The third-order valence-electron chi connectivity index (χ3n) is 3.36. The minimum Gasteiger partial charge on any atom is -0.392 e. The van der Waals surface area contributed by atoms with E-state index in [-0.39, 0.29) is 6.61 Å². The predicted octanol–water partition coefficient (Wildman–Crippen LogP) is 0.464. The summed E-state index contributed by atoms with van der Waals surface area (Å²) in [7, 11) is 0. The SMILES string of the molecule is OCc1ccccc1Cn1nnc2c1CCNC2. The van der Waals surface area contributed by atoms with E-state index in [2.05, 4.69) is 15.6 Å². The van der Waals surface area contributed by atoms with E-state index in [1.165, 1.54) is 5.69 Å². The molecule has 0 saturated carbocycles. The van der Waals surface area contributed by atoms with E-state index in [1.54, 1.807) is 0 Å². The number of fused-ring (bicyclic) bond motifs is 1. The zero-order chi connectivity index (χ0) is 12.4. The standard InChI is InChI=1S/C13H16N4O/c18-9-11-4-2-1-3-10(11)8-17-13-5-6-14-7-12(13)15-16-17/h1-4,14,18H,5-9H2. The van der Waals surface area contributed by atoms with Crippen LogP contribution < -0.4 is 5.32 Å². The molecule has 1 aromatic carbocycles. The van der Waals surface area contributed by atoms with Crippen molar-refractivity contribution in [2.45, 2.75) is 26.1 Å². The van der Waals surface area contributed by atoms with E-state index in [4.69, 9.17) is 0 Å². The molecule has 1 aliphatic heterocycles. The number of aromatic nitrogens is 3. The molecule has 0 atom stereocenters. The van der Waals surface area contributed by atoms with Crippen LogP contribution in [0.15, 0.2) is 24.3 Å². The Kier molecular flexibility index (Phi) is 3.08. The first-order chi connectivity index (χ1) is 8.88. The van der Waals surface area contributed by atoms with E-state index in [1.807, 2.05) is 28.9 Å². The second kappa shape index (κ2) is 4.88. The van der Waals surface area contributed by atoms with Crippen LogP contribution in [0.3, 0.4) is 0 Å². The van der Waals surface area contributed by atoms with E-state index in [9.17, 15) is 5.11 Å². The average Bonchev–Trinajstić information content (AvgIpc) is 2.83. The van der Waals surface area contributed by atoms with Crippen LogP contribution in [0.4, 0.5) is 0 Å². The topological polar surface area (TPSA) is 63.0 Å². The molecule has 2 N–H and O–H groups in total. The molecule has 0 saturated heterocycles. The fourth-order valence-electron chi connectivity index (χ4n) is 2.35. The molecule has 5 heteroatoms. The van der Waals surface area contributed by atoms with Gasteiger partial charge in [0, 0.05) is 19.5 Å². The Bertz CT molecular complexity index is 550. The summed E-state index contributed by atoms with van der Waals surface area (Å²) in [5.41, 5.74) is 4.31. The van der Waals surface area contributed by atoms with E-state index in [0.717, 1.165) is 36.3 Å². The largest absolute Gasteiger partial charge is 0.392 e. The second-order valence-corrected chi connectivity index (χ2v) is 4.49. The summed E-state index contributed by atoms with van der Waals surface area (Å²) < 4.78 is 1.95. The molecule has 5 nitrogen and oxygen atoms in total. The number of aliphatic hydroxyl groups excluding tert-OH is 1. The zero-order valence-corrected chi connectivity index (χ0v) is 10.1. The number of aliphatic hydroxyl groups is 1. The fraction of sp³-hybridized carbons (Fsp3) is 0.385. The Morgan fingerprint density at radius 2 is 2.11 bits per heavy atom. The maximum atomic E-state index is 9.33. The van der Waals surface area contributed by atoms with Gasteiger partial charge in [-0.3, -0.25) is 0 Å². The van der Waals surface area contributed by atoms with Crippen molar-refractivity contribution >= 4 is 0 Å². The normalized spacial score (nSPS) is 14.5. The molecule has 0 fully saturated rings. The van der Waals surface area contributed by atoms with E-state index < -0.39 is 0 Å². The lowest BCUT2D eigenvalue weighted by molar-refractivity contribution is 0.280. The van der Waals surface area contributed by atoms with E-state index >= 15 is 0 Å². The van der Waals surface area contributed by atoms with Crippen molar-refractivity contribution in [3.8, 4) is 0 Å². The third kappa shape index (κ3) is 2.02. The Balaban J connectivity index is 1.90. The molecule has 1 aromatic heterocycles. The lowest BCUT2D eigenvalue weighted by Gasteiger charge is -2.14. The predicted molar refractivity (Wildman–Crippen MR) is 66.9 cm³/mol. The van der Waals surface area contributed by atoms with Crippen molar-refractivity contribution in [2.75, 3.05) is 6.54 Å². The number of hydrogen-bond acceptors (Lipinski definition) is 4. The van der Waals surface area contributed by atoms with Crippen LogP contribution in [0.5, 0.6) is 0 Å². The number of benzene rings is 1. The summed E-state index contributed by atoms with van der Waals surface area (Å²) in [6.45, 7) is 2.52. The Morgan fingerprint density at radius 3 is 2.94 bits per heavy atom. The summed E-state index contributed by atoms with van der Waals surface area (Å²) in [6.07, 6.45) is 0.962. The highest BCUT2D eigenvalue weighted by atomic mass is 16.3. The van der Waals surface area contributed by atoms with Crippen molar-refractivity contribution < 1.29 is 5.11 Å². The second-order valence-electron chi connectivity index (χ2n) is 4.49. The minimum atomic E-state index is 0.0641. The Labute approximate surface area is 105 Å². The molecule has 1 aliphatic rings. The molecule has 0 radical (unpaired) electrons. The molecule has 2 heterocycles. The van der Waals surface area contributed by atoms with Gasteiger partial charge in [0.25, 0.3) is 0 Å². The molecule has 3 rings (SSSR count). The Hall–Kier alpha value is -1.72. The first-order valence-corrected chi connectivity index (χ1v) is 6.18. The summed E-state index contributed by atoms with van der Waals surface area (Å²) in [4.78, 5) is 0. The van der Waals surface area contributed by atoms with Gasteiger partial charge in [-0.2, -0.15) is 0 Å². The highest BCUT2D eigenvalue weighted by Crippen LogP contribution is 2.15. The van der Waals surface area contributed by atoms with Crippen LogP contribution in [-0.4, -0.2) is 26.6 Å². The van der Waals surface area contributed by atoms with Crippen LogP contribution in [0.1, 0.15) is 22.5 Å². The fourth-order valence-corrected chi connectivity index (χ4v) is 2.35. The lowest BCUT2D eigenvalue weighted by Crippen LogP contribution is -2.25. The number of nitrogens with one attached hydrogen (secondary N) is 1. The molecular formula is C13H16N4O. The van der Waals surface area contributed by atoms with Crippen LogP contribution in [-0.2, 0) is 26.1 Å². The van der Waals surface area contributed by atoms with Gasteiger partial charge in [-0.15, -0.1) is 5.10 Å². The quantitative estimate of drug-likeness (QED) is 0.823. The molecule has 0 unspecified atom stereocenters. The summed E-state index contributed by atoms with van der Waals surface area (Å²) in [5.74, 6) is 0. The molecule has 0 amide bonds. The maximum Gasteiger partial charge on any atom is 0.0997 e. The highest BCUT2D eigenvalue weighted by molar-refractivity contribution is 5.27. The van der Waals surface area contributed by atoms with Crippen molar-refractivity contribution in [3.05, 3.63) is 46.8 Å². The van der Waals surface area contributed by atoms with Crippen LogP contribution in [0, 0.1) is 0 Å². The number of nitrogens with zero attached hydrogens (tertiary/aromatic N) is 3. The molecule has 0 bridgehead atoms. The van der Waals surface area contributed by atoms with Gasteiger partial charge in [0.2, 0.25) is 0 Å². The average molecular weight is 244 g/mol. The van der Waals surface area contributed by atoms with Crippen molar-refractivity contribution in [2.24, 2.45) is 0 Å². The highest BCUT2D eigenvalue weighted by Gasteiger charge is 2.16. The van der Waals surface area contributed by atoms with Gasteiger partial charge in [0.05, 0.1) is 24.5 Å². The van der Waals surface area contributed by atoms with Gasteiger partial charge in [0.1, 0.15) is 0 Å². The number of hydrogen-bond donors (Lipinski definition) is 2. The lowest BCUT2D eigenvalue weighted by atomic mass is 10.1. The van der Waals surface area contributed by atoms with Gasteiger partial charge < -0.3 is 10.4 Å². The molecular weight excluding hydrogens is 228 g/mol. The van der Waals surface area contributed by atoms with Gasteiger partial charge >= 0.3 is 0 Å². The summed E-state index contributed by atoms with van der Waals surface area (Å²) in [6, 6.07) is 7.90. The molecule has 0 aliphatic carbocycles. The third-order valence-corrected chi connectivity index (χ3v) is 3.36. The van der Waals surface area contributed by atoms with Crippen LogP contribution in [0.25, 0.3) is 0 Å².